The van der Waals surface area contributed by atoms with Crippen molar-refractivity contribution < 1.29 is 0 Å². The fourth-order valence-corrected chi connectivity index (χ4v) is 3.51. The summed E-state index contributed by atoms with van der Waals surface area (Å²) in [5.74, 6) is 1.34. The standard InChI is InChI=1S/C14H20S/c1-11-6-8-14(2,3)9-7-12(11)13-5-4-10-15-13/h6-9,13H,4-5,10H2,1-3H3. The molecule has 0 aromatic carbocycles. The molecule has 0 aromatic rings. The third-order valence-corrected chi connectivity index (χ3v) is 4.60. The molecule has 1 fully saturated rings. The molecular formula is C14H20S. The van der Waals surface area contributed by atoms with E-state index in [1.165, 1.54) is 24.2 Å². The van der Waals surface area contributed by atoms with Gasteiger partial charge >= 0.3 is 0 Å². The van der Waals surface area contributed by atoms with Crippen LogP contribution in [0.2, 0.25) is 0 Å². The maximum atomic E-state index is 2.36. The lowest BCUT2D eigenvalue weighted by atomic mass is 9.93. The second-order valence-corrected chi connectivity index (χ2v) is 6.44. The summed E-state index contributed by atoms with van der Waals surface area (Å²) >= 11 is 2.12. The van der Waals surface area contributed by atoms with Crippen LogP contribution >= 0.6 is 11.8 Å². The molecule has 1 aliphatic heterocycles. The second-order valence-electron chi connectivity index (χ2n) is 5.13. The first-order valence-electron chi connectivity index (χ1n) is 5.79. The lowest BCUT2D eigenvalue weighted by Crippen LogP contribution is -2.03. The normalized spacial score (nSPS) is 29.7. The van der Waals surface area contributed by atoms with Gasteiger partial charge in [-0.2, -0.15) is 11.8 Å². The molecule has 15 heavy (non-hydrogen) atoms. The molecule has 0 aromatic heterocycles. The summed E-state index contributed by atoms with van der Waals surface area (Å²) in [5.41, 5.74) is 3.22. The van der Waals surface area contributed by atoms with Gasteiger partial charge in [-0.15, -0.1) is 0 Å². The van der Waals surface area contributed by atoms with E-state index in [-0.39, 0.29) is 5.41 Å². The van der Waals surface area contributed by atoms with Gasteiger partial charge in [0.2, 0.25) is 0 Å². The van der Waals surface area contributed by atoms with Crippen LogP contribution in [-0.4, -0.2) is 11.0 Å². The molecular weight excluding hydrogens is 200 g/mol. The Kier molecular flexibility index (Phi) is 3.11. The first kappa shape index (κ1) is 11.1. The lowest BCUT2D eigenvalue weighted by Gasteiger charge is -2.13. The van der Waals surface area contributed by atoms with Crippen molar-refractivity contribution in [2.45, 2.75) is 38.9 Å². The number of hydrogen-bond donors (Lipinski definition) is 0. The average Bonchev–Trinajstić information content (AvgIpc) is 2.64. The van der Waals surface area contributed by atoms with Crippen LogP contribution in [0.25, 0.3) is 0 Å². The Labute approximate surface area is 97.5 Å². The minimum Gasteiger partial charge on any atom is -0.154 e. The molecule has 82 valence electrons. The summed E-state index contributed by atoms with van der Waals surface area (Å²) < 4.78 is 0. The zero-order chi connectivity index (χ0) is 10.9. The Bertz CT molecular complexity index is 325. The maximum absolute atomic E-state index is 2.36. The summed E-state index contributed by atoms with van der Waals surface area (Å²) in [7, 11) is 0. The van der Waals surface area contributed by atoms with Crippen LogP contribution in [0.4, 0.5) is 0 Å². The van der Waals surface area contributed by atoms with E-state index < -0.39 is 0 Å². The summed E-state index contributed by atoms with van der Waals surface area (Å²) in [6.45, 7) is 6.77. The third kappa shape index (κ3) is 2.57. The minimum atomic E-state index is 0.215. The smallest absolute Gasteiger partial charge is 0.0300 e. The first-order valence-corrected chi connectivity index (χ1v) is 6.84. The van der Waals surface area contributed by atoms with Crippen molar-refractivity contribution >= 4 is 11.8 Å². The van der Waals surface area contributed by atoms with Gasteiger partial charge in [0.05, 0.1) is 0 Å². The molecule has 0 bridgehead atoms. The van der Waals surface area contributed by atoms with E-state index in [4.69, 9.17) is 0 Å². The number of allylic oxidation sites excluding steroid dienone is 5. The molecule has 1 heterocycles. The quantitative estimate of drug-likeness (QED) is 0.633. The average molecular weight is 220 g/mol. The van der Waals surface area contributed by atoms with E-state index in [1.54, 1.807) is 5.57 Å². The molecule has 1 saturated heterocycles. The molecule has 1 heteroatoms. The van der Waals surface area contributed by atoms with Gasteiger partial charge in [0.25, 0.3) is 0 Å². The second kappa shape index (κ2) is 4.21. The molecule has 0 spiro atoms. The van der Waals surface area contributed by atoms with E-state index >= 15 is 0 Å². The van der Waals surface area contributed by atoms with Gasteiger partial charge in [-0.25, -0.2) is 0 Å². The molecule has 0 radical (unpaired) electrons. The van der Waals surface area contributed by atoms with E-state index in [0.717, 1.165) is 5.25 Å². The Morgan fingerprint density at radius 2 is 2.00 bits per heavy atom. The largest absolute Gasteiger partial charge is 0.154 e. The molecule has 2 rings (SSSR count). The van der Waals surface area contributed by atoms with Crippen molar-refractivity contribution in [3.05, 3.63) is 35.5 Å². The highest BCUT2D eigenvalue weighted by Crippen LogP contribution is 2.36. The van der Waals surface area contributed by atoms with Gasteiger partial charge in [-0.1, -0.05) is 38.2 Å². The van der Waals surface area contributed by atoms with Crippen LogP contribution in [0, 0.1) is 5.41 Å². The predicted molar refractivity (Wildman–Crippen MR) is 70.2 cm³/mol. The van der Waals surface area contributed by atoms with Crippen molar-refractivity contribution in [3.63, 3.8) is 0 Å². The fourth-order valence-electron chi connectivity index (χ4n) is 2.11. The first-order chi connectivity index (χ1) is 7.08. The SMILES string of the molecule is CC1=C(C2CCCS2)C=CC(C)(C)C=C1. The van der Waals surface area contributed by atoms with E-state index in [2.05, 4.69) is 56.8 Å². The Balaban J connectivity index is 2.26. The maximum Gasteiger partial charge on any atom is 0.0300 e. The van der Waals surface area contributed by atoms with Crippen molar-refractivity contribution in [3.8, 4) is 0 Å². The lowest BCUT2D eigenvalue weighted by molar-refractivity contribution is 0.626. The van der Waals surface area contributed by atoms with Crippen LogP contribution in [-0.2, 0) is 0 Å². The highest BCUT2D eigenvalue weighted by Gasteiger charge is 2.21. The fraction of sp³-hybridized carbons (Fsp3) is 0.571. The Hall–Kier alpha value is -0.430. The monoisotopic (exact) mass is 220 g/mol. The van der Waals surface area contributed by atoms with E-state index in [9.17, 15) is 0 Å². The Morgan fingerprint density at radius 1 is 1.27 bits per heavy atom. The minimum absolute atomic E-state index is 0.215. The van der Waals surface area contributed by atoms with Gasteiger partial charge in [0.15, 0.2) is 0 Å². The summed E-state index contributed by atoms with van der Waals surface area (Å²) in [5, 5.41) is 0.750. The summed E-state index contributed by atoms with van der Waals surface area (Å²) in [6.07, 6.45) is 12.1. The molecule has 0 amide bonds. The van der Waals surface area contributed by atoms with Crippen molar-refractivity contribution in [1.29, 1.82) is 0 Å². The number of hydrogen-bond acceptors (Lipinski definition) is 1. The van der Waals surface area contributed by atoms with Crippen LogP contribution in [0.3, 0.4) is 0 Å². The summed E-state index contributed by atoms with van der Waals surface area (Å²) in [4.78, 5) is 0. The number of rotatable bonds is 1. The molecule has 1 atom stereocenters. The topological polar surface area (TPSA) is 0 Å². The zero-order valence-electron chi connectivity index (χ0n) is 9.92. The van der Waals surface area contributed by atoms with Crippen molar-refractivity contribution in [1.82, 2.24) is 0 Å². The van der Waals surface area contributed by atoms with Gasteiger partial charge in [-0.05, 0) is 36.7 Å². The van der Waals surface area contributed by atoms with Crippen molar-refractivity contribution in [2.75, 3.05) is 5.75 Å². The number of thioether (sulfide) groups is 1. The van der Waals surface area contributed by atoms with Gasteiger partial charge in [0.1, 0.15) is 0 Å². The summed E-state index contributed by atoms with van der Waals surface area (Å²) in [6, 6.07) is 0. The highest BCUT2D eigenvalue weighted by molar-refractivity contribution is 8.00. The molecule has 1 aliphatic carbocycles. The molecule has 0 N–H and O–H groups in total. The van der Waals surface area contributed by atoms with E-state index in [0.29, 0.717) is 0 Å². The molecule has 1 unspecified atom stereocenters. The molecule has 2 aliphatic rings. The van der Waals surface area contributed by atoms with Crippen LogP contribution < -0.4 is 0 Å². The van der Waals surface area contributed by atoms with Crippen LogP contribution in [0.1, 0.15) is 33.6 Å². The highest BCUT2D eigenvalue weighted by atomic mass is 32.2. The Morgan fingerprint density at radius 3 is 2.67 bits per heavy atom. The third-order valence-electron chi connectivity index (χ3n) is 3.19. The zero-order valence-corrected chi connectivity index (χ0v) is 10.7. The van der Waals surface area contributed by atoms with Gasteiger partial charge in [-0.3, -0.25) is 0 Å². The molecule has 0 saturated carbocycles. The van der Waals surface area contributed by atoms with Gasteiger partial charge < -0.3 is 0 Å². The van der Waals surface area contributed by atoms with E-state index in [1.807, 2.05) is 0 Å². The van der Waals surface area contributed by atoms with Crippen LogP contribution in [0.15, 0.2) is 35.5 Å². The van der Waals surface area contributed by atoms with Crippen LogP contribution in [0.5, 0.6) is 0 Å². The molecule has 0 nitrogen and oxygen atoms in total. The predicted octanol–water partition coefficient (Wildman–Crippen LogP) is 4.35. The van der Waals surface area contributed by atoms with Crippen molar-refractivity contribution in [2.24, 2.45) is 5.41 Å². The van der Waals surface area contributed by atoms with Gasteiger partial charge in [0, 0.05) is 10.7 Å².